The number of fused-ring (bicyclic) bond motifs is 6. The molecule has 0 aliphatic carbocycles. The minimum Gasteiger partial charge on any atom is -0.479 e. The number of aromatic amines is 1. The lowest BCUT2D eigenvalue weighted by molar-refractivity contribution is -0.153. The van der Waals surface area contributed by atoms with Gasteiger partial charge in [-0.15, -0.1) is 0 Å². The van der Waals surface area contributed by atoms with Crippen LogP contribution in [0.1, 0.15) is 5.56 Å². The van der Waals surface area contributed by atoms with Gasteiger partial charge in [-0.3, -0.25) is 0 Å². The van der Waals surface area contributed by atoms with E-state index in [4.69, 9.17) is 0 Å². The SMILES string of the molecule is O=C(O)C1(O)C2=c3[nH]c4ccccc4c3=CCN2c2cc(Br)ccc21. The van der Waals surface area contributed by atoms with Crippen molar-refractivity contribution in [2.75, 3.05) is 11.4 Å². The number of hydrogen-bond donors (Lipinski definition) is 3. The number of rotatable bonds is 1. The van der Waals surface area contributed by atoms with Crippen LogP contribution < -0.4 is 15.5 Å². The summed E-state index contributed by atoms with van der Waals surface area (Å²) >= 11 is 3.43. The van der Waals surface area contributed by atoms with Gasteiger partial charge in [0.05, 0.1) is 11.0 Å². The van der Waals surface area contributed by atoms with E-state index in [0.717, 1.165) is 20.6 Å². The number of carbonyl (C=O) groups is 1. The molecule has 5 rings (SSSR count). The van der Waals surface area contributed by atoms with E-state index in [2.05, 4.69) is 27.0 Å². The number of halogens is 1. The predicted molar refractivity (Wildman–Crippen MR) is 98.4 cm³/mol. The standard InChI is InChI=1S/C19H13BrN2O3/c20-10-5-6-13-15(9-10)22-8-7-12-11-3-1-2-4-14(11)21-16(12)17(22)19(13,25)18(23)24/h1-7,9,21,25H,8H2,(H,23,24). The average molecular weight is 397 g/mol. The Morgan fingerprint density at radius 3 is 2.84 bits per heavy atom. The van der Waals surface area contributed by atoms with E-state index in [1.807, 2.05) is 35.2 Å². The van der Waals surface area contributed by atoms with Gasteiger partial charge in [0.15, 0.2) is 0 Å². The Kier molecular flexibility index (Phi) is 2.80. The molecule has 2 aliphatic rings. The summed E-state index contributed by atoms with van der Waals surface area (Å²) in [4.78, 5) is 17.3. The van der Waals surface area contributed by atoms with Gasteiger partial charge in [0.25, 0.3) is 0 Å². The number of para-hydroxylation sites is 1. The lowest BCUT2D eigenvalue weighted by Crippen LogP contribution is -2.47. The van der Waals surface area contributed by atoms with E-state index in [1.54, 1.807) is 12.1 Å². The van der Waals surface area contributed by atoms with Crippen molar-refractivity contribution in [1.29, 1.82) is 0 Å². The molecule has 3 N–H and O–H groups in total. The molecule has 1 atom stereocenters. The largest absolute Gasteiger partial charge is 0.479 e. The summed E-state index contributed by atoms with van der Waals surface area (Å²) in [6.07, 6.45) is 2.07. The summed E-state index contributed by atoms with van der Waals surface area (Å²) in [6, 6.07) is 13.1. The van der Waals surface area contributed by atoms with Crippen molar-refractivity contribution in [3.8, 4) is 0 Å². The van der Waals surface area contributed by atoms with Gasteiger partial charge in [0.2, 0.25) is 5.60 Å². The van der Waals surface area contributed by atoms with Crippen molar-refractivity contribution in [2.24, 2.45) is 0 Å². The minimum absolute atomic E-state index is 0.377. The molecule has 25 heavy (non-hydrogen) atoms. The summed E-state index contributed by atoms with van der Waals surface area (Å²) < 4.78 is 0.836. The van der Waals surface area contributed by atoms with Gasteiger partial charge in [-0.1, -0.05) is 46.3 Å². The van der Waals surface area contributed by atoms with Crippen molar-refractivity contribution < 1.29 is 15.0 Å². The van der Waals surface area contributed by atoms with E-state index in [9.17, 15) is 15.0 Å². The molecule has 5 nitrogen and oxygen atoms in total. The number of benzene rings is 2. The van der Waals surface area contributed by atoms with Crippen LogP contribution in [0.5, 0.6) is 0 Å². The van der Waals surface area contributed by atoms with Gasteiger partial charge < -0.3 is 20.1 Å². The molecule has 3 heterocycles. The third-order valence-corrected chi connectivity index (χ3v) is 5.52. The first kappa shape index (κ1) is 14.7. The van der Waals surface area contributed by atoms with Crippen LogP contribution in [-0.4, -0.2) is 27.7 Å². The molecule has 0 saturated carbocycles. The molecular formula is C19H13BrN2O3. The van der Waals surface area contributed by atoms with Crippen LogP contribution in [0, 0.1) is 0 Å². The Hall–Kier alpha value is -2.57. The fourth-order valence-electron chi connectivity index (χ4n) is 3.94. The van der Waals surface area contributed by atoms with Gasteiger partial charge in [-0.2, -0.15) is 0 Å². The zero-order valence-electron chi connectivity index (χ0n) is 13.0. The molecule has 0 fully saturated rings. The molecule has 2 aliphatic heterocycles. The van der Waals surface area contributed by atoms with Crippen molar-refractivity contribution >= 4 is 50.3 Å². The van der Waals surface area contributed by atoms with Gasteiger partial charge in [-0.25, -0.2) is 4.79 Å². The predicted octanol–water partition coefficient (Wildman–Crippen LogP) is 1.63. The second-order valence-corrected chi connectivity index (χ2v) is 7.22. The zero-order chi connectivity index (χ0) is 17.3. The smallest absolute Gasteiger partial charge is 0.347 e. The Labute approximate surface area is 150 Å². The number of aliphatic hydroxyl groups is 1. The molecule has 6 heteroatoms. The average Bonchev–Trinajstić information content (AvgIpc) is 3.09. The van der Waals surface area contributed by atoms with Crippen LogP contribution in [0.2, 0.25) is 0 Å². The molecule has 1 aromatic heterocycles. The molecule has 0 spiro atoms. The fraction of sp³-hybridized carbons (Fsp3) is 0.105. The Bertz CT molecular complexity index is 1200. The van der Waals surface area contributed by atoms with Crippen LogP contribution in [0.15, 0.2) is 46.9 Å². The minimum atomic E-state index is -2.08. The summed E-state index contributed by atoms with van der Waals surface area (Å²) in [6.45, 7) is 0.503. The van der Waals surface area contributed by atoms with Gasteiger partial charge in [-0.05, 0) is 18.2 Å². The number of hydrogen-bond acceptors (Lipinski definition) is 3. The molecule has 0 bridgehead atoms. The highest BCUT2D eigenvalue weighted by Gasteiger charge is 2.53. The Balaban J connectivity index is 1.98. The lowest BCUT2D eigenvalue weighted by Gasteiger charge is -2.26. The van der Waals surface area contributed by atoms with Crippen LogP contribution in [0.25, 0.3) is 22.7 Å². The van der Waals surface area contributed by atoms with Crippen LogP contribution in [0.4, 0.5) is 5.69 Å². The third-order valence-electron chi connectivity index (χ3n) is 5.02. The number of carboxylic acid groups (broad SMARTS) is 1. The number of aromatic nitrogens is 1. The van der Waals surface area contributed by atoms with E-state index in [0.29, 0.717) is 28.8 Å². The maximum atomic E-state index is 12.1. The maximum Gasteiger partial charge on any atom is 0.347 e. The van der Waals surface area contributed by atoms with Gasteiger partial charge in [0, 0.05) is 38.4 Å². The van der Waals surface area contributed by atoms with Crippen molar-refractivity contribution in [3.05, 3.63) is 63.1 Å². The lowest BCUT2D eigenvalue weighted by atomic mass is 9.92. The van der Waals surface area contributed by atoms with Crippen molar-refractivity contribution in [3.63, 3.8) is 0 Å². The van der Waals surface area contributed by atoms with E-state index < -0.39 is 11.6 Å². The summed E-state index contributed by atoms with van der Waals surface area (Å²) in [5.74, 6) is -1.28. The Morgan fingerprint density at radius 1 is 1.24 bits per heavy atom. The van der Waals surface area contributed by atoms with Crippen LogP contribution in [-0.2, 0) is 10.4 Å². The number of anilines is 1. The maximum absolute atomic E-state index is 12.1. The zero-order valence-corrected chi connectivity index (χ0v) is 14.5. The summed E-state index contributed by atoms with van der Waals surface area (Å²) in [5, 5.41) is 23.8. The number of aliphatic carboxylic acids is 1. The summed E-state index contributed by atoms with van der Waals surface area (Å²) in [5.41, 5.74) is 0.303. The second-order valence-electron chi connectivity index (χ2n) is 6.30. The topological polar surface area (TPSA) is 76.6 Å². The third kappa shape index (κ3) is 1.73. The van der Waals surface area contributed by atoms with Crippen LogP contribution in [0.3, 0.4) is 0 Å². The molecule has 0 radical (unpaired) electrons. The molecule has 3 aromatic rings. The highest BCUT2D eigenvalue weighted by Crippen LogP contribution is 2.48. The van der Waals surface area contributed by atoms with E-state index in [-0.39, 0.29) is 0 Å². The van der Waals surface area contributed by atoms with Crippen molar-refractivity contribution in [2.45, 2.75) is 5.60 Å². The normalized spacial score (nSPS) is 20.9. The van der Waals surface area contributed by atoms with E-state index in [1.165, 1.54) is 0 Å². The number of carboxylic acids is 1. The fourth-order valence-corrected chi connectivity index (χ4v) is 4.29. The number of H-pyrrole nitrogens is 1. The molecule has 2 aromatic carbocycles. The Morgan fingerprint density at radius 2 is 2.04 bits per heavy atom. The molecule has 0 amide bonds. The monoisotopic (exact) mass is 396 g/mol. The molecule has 1 unspecified atom stereocenters. The van der Waals surface area contributed by atoms with Crippen LogP contribution >= 0.6 is 15.9 Å². The highest BCUT2D eigenvalue weighted by molar-refractivity contribution is 9.10. The number of nitrogens with one attached hydrogen (secondary N) is 1. The highest BCUT2D eigenvalue weighted by atomic mass is 79.9. The second kappa shape index (κ2) is 4.74. The van der Waals surface area contributed by atoms with E-state index >= 15 is 0 Å². The first-order valence-corrected chi connectivity index (χ1v) is 8.66. The first-order valence-electron chi connectivity index (χ1n) is 7.87. The van der Waals surface area contributed by atoms with Gasteiger partial charge >= 0.3 is 5.97 Å². The molecular weight excluding hydrogens is 384 g/mol. The van der Waals surface area contributed by atoms with Gasteiger partial charge in [0.1, 0.15) is 0 Å². The van der Waals surface area contributed by atoms with Crippen molar-refractivity contribution in [1.82, 2.24) is 4.98 Å². The quantitative estimate of drug-likeness (QED) is 0.584. The molecule has 124 valence electrons. The number of nitrogens with zero attached hydrogens (tertiary/aromatic N) is 1. The first-order chi connectivity index (χ1) is 12.0. The molecule has 0 saturated heterocycles. The summed E-state index contributed by atoms with van der Waals surface area (Å²) in [7, 11) is 0.